The smallest absolute Gasteiger partial charge is 0.0649 e. The lowest BCUT2D eigenvalue weighted by atomic mass is 9.70. The van der Waals surface area contributed by atoms with Gasteiger partial charge in [-0.2, -0.15) is 0 Å². The molecule has 0 aliphatic rings. The Hall–Kier alpha value is -0.130. The quantitative estimate of drug-likeness (QED) is 0.535. The molecule has 0 rings (SSSR count). The Balaban J connectivity index is 4.16. The molecular formula is C13H27+. The largest absolute Gasteiger partial charge is 0.0945 e. The van der Waals surface area contributed by atoms with Gasteiger partial charge in [-0.1, -0.05) is 41.0 Å². The van der Waals surface area contributed by atoms with Crippen LogP contribution in [0.15, 0.2) is 0 Å². The van der Waals surface area contributed by atoms with Crippen LogP contribution in [-0.2, 0) is 0 Å². The zero-order valence-corrected chi connectivity index (χ0v) is 10.6. The van der Waals surface area contributed by atoms with Crippen molar-refractivity contribution in [1.82, 2.24) is 0 Å². The van der Waals surface area contributed by atoms with E-state index in [4.69, 9.17) is 0 Å². The topological polar surface area (TPSA) is 0 Å². The lowest BCUT2D eigenvalue weighted by Crippen LogP contribution is -2.23. The zero-order valence-electron chi connectivity index (χ0n) is 10.6. The van der Waals surface area contributed by atoms with Crippen molar-refractivity contribution in [3.8, 4) is 0 Å². The van der Waals surface area contributed by atoms with Crippen LogP contribution >= 0.6 is 0 Å². The molecule has 0 heteroatoms. The first-order valence-electron chi connectivity index (χ1n) is 5.47. The Kier molecular flexibility index (Phi) is 4.35. The Morgan fingerprint density at radius 2 is 1.38 bits per heavy atom. The second kappa shape index (κ2) is 4.39. The monoisotopic (exact) mass is 183 g/mol. The second-order valence-corrected chi connectivity index (χ2v) is 6.24. The van der Waals surface area contributed by atoms with E-state index in [1.54, 1.807) is 5.92 Å². The minimum atomic E-state index is 0.471. The maximum absolute atomic E-state index is 2.39. The number of hydrogen-bond donors (Lipinski definition) is 0. The van der Waals surface area contributed by atoms with Crippen LogP contribution in [0.5, 0.6) is 0 Å². The Labute approximate surface area is 85.1 Å². The highest BCUT2D eigenvalue weighted by Crippen LogP contribution is 2.40. The minimum absolute atomic E-state index is 0.471. The summed E-state index contributed by atoms with van der Waals surface area (Å²) in [6.07, 6.45) is 3.86. The highest BCUT2D eigenvalue weighted by atomic mass is 14.3. The standard InChI is InChI=1S/C13H27/c1-8-12(4,5)10-13(6,7)9-11(2)3/h8-10H2,1-7H3/q+1. The number of rotatable bonds is 5. The molecule has 0 saturated carbocycles. The predicted molar refractivity (Wildman–Crippen MR) is 61.7 cm³/mol. The summed E-state index contributed by atoms with van der Waals surface area (Å²) in [5, 5.41) is 0. The average molecular weight is 183 g/mol. The molecule has 0 nitrogen and oxygen atoms in total. The molecule has 0 aliphatic carbocycles. The van der Waals surface area contributed by atoms with Crippen molar-refractivity contribution in [2.24, 2.45) is 10.8 Å². The lowest BCUT2D eigenvalue weighted by Gasteiger charge is -2.32. The molecule has 0 aromatic heterocycles. The van der Waals surface area contributed by atoms with Crippen molar-refractivity contribution >= 4 is 0 Å². The predicted octanol–water partition coefficient (Wildman–Crippen LogP) is 4.84. The molecule has 0 unspecified atom stereocenters. The fourth-order valence-corrected chi connectivity index (χ4v) is 2.44. The fourth-order valence-electron chi connectivity index (χ4n) is 2.44. The van der Waals surface area contributed by atoms with Gasteiger partial charge in [0, 0.05) is 5.41 Å². The lowest BCUT2D eigenvalue weighted by molar-refractivity contribution is 0.181. The molecule has 0 fully saturated rings. The van der Waals surface area contributed by atoms with Crippen molar-refractivity contribution in [1.29, 1.82) is 0 Å². The van der Waals surface area contributed by atoms with Crippen LogP contribution < -0.4 is 0 Å². The zero-order chi connectivity index (χ0) is 10.7. The molecule has 0 atom stereocenters. The summed E-state index contributed by atoms with van der Waals surface area (Å²) < 4.78 is 0. The van der Waals surface area contributed by atoms with E-state index in [-0.39, 0.29) is 0 Å². The van der Waals surface area contributed by atoms with Gasteiger partial charge in [0.25, 0.3) is 0 Å². The van der Waals surface area contributed by atoms with Crippen LogP contribution in [0.4, 0.5) is 0 Å². The van der Waals surface area contributed by atoms with E-state index in [1.165, 1.54) is 19.3 Å². The Morgan fingerprint density at radius 3 is 1.69 bits per heavy atom. The molecule has 13 heavy (non-hydrogen) atoms. The third-order valence-electron chi connectivity index (χ3n) is 2.75. The van der Waals surface area contributed by atoms with Crippen LogP contribution in [-0.4, -0.2) is 0 Å². The molecule has 0 aromatic carbocycles. The van der Waals surface area contributed by atoms with Gasteiger partial charge in [-0.25, -0.2) is 0 Å². The molecule has 0 radical (unpaired) electrons. The summed E-state index contributed by atoms with van der Waals surface area (Å²) in [6.45, 7) is 16.3. The van der Waals surface area contributed by atoms with Gasteiger partial charge in [-0.05, 0) is 11.8 Å². The summed E-state index contributed by atoms with van der Waals surface area (Å²) in [7, 11) is 0. The van der Waals surface area contributed by atoms with Crippen LogP contribution in [0.2, 0.25) is 0 Å². The molecule has 0 spiro atoms. The van der Waals surface area contributed by atoms with Gasteiger partial charge >= 0.3 is 0 Å². The van der Waals surface area contributed by atoms with Gasteiger partial charge in [0.2, 0.25) is 0 Å². The molecule has 78 valence electrons. The highest BCUT2D eigenvalue weighted by molar-refractivity contribution is 4.88. The van der Waals surface area contributed by atoms with E-state index in [9.17, 15) is 0 Å². The van der Waals surface area contributed by atoms with E-state index >= 15 is 0 Å². The van der Waals surface area contributed by atoms with Crippen molar-refractivity contribution < 1.29 is 0 Å². The summed E-state index contributed by atoms with van der Waals surface area (Å²) >= 11 is 0. The van der Waals surface area contributed by atoms with Crippen LogP contribution in [0.25, 0.3) is 0 Å². The first-order valence-corrected chi connectivity index (χ1v) is 5.47. The summed E-state index contributed by atoms with van der Waals surface area (Å²) in [5.74, 6) is 1.55. The molecule has 0 saturated heterocycles. The van der Waals surface area contributed by atoms with Crippen LogP contribution in [0.3, 0.4) is 0 Å². The third kappa shape index (κ3) is 6.01. The summed E-state index contributed by atoms with van der Waals surface area (Å²) in [4.78, 5) is 0. The Morgan fingerprint density at radius 1 is 0.923 bits per heavy atom. The second-order valence-electron chi connectivity index (χ2n) is 6.24. The molecule has 0 amide bonds. The SMILES string of the molecule is CCC(C)(C)CC(C)(C)C[C+](C)C. The number of hydrogen-bond acceptors (Lipinski definition) is 0. The first kappa shape index (κ1) is 12.9. The summed E-state index contributed by atoms with van der Waals surface area (Å²) in [6, 6.07) is 0. The third-order valence-corrected chi connectivity index (χ3v) is 2.75. The first-order chi connectivity index (χ1) is 5.68. The van der Waals surface area contributed by atoms with E-state index < -0.39 is 0 Å². The van der Waals surface area contributed by atoms with E-state index in [1.807, 2.05) is 0 Å². The highest BCUT2D eigenvalue weighted by Gasteiger charge is 2.31. The average Bonchev–Trinajstić information content (AvgIpc) is 1.81. The minimum Gasteiger partial charge on any atom is -0.0649 e. The molecule has 0 N–H and O–H groups in total. The van der Waals surface area contributed by atoms with Crippen LogP contribution in [0.1, 0.15) is 67.7 Å². The Bertz CT molecular complexity index is 140. The van der Waals surface area contributed by atoms with Gasteiger partial charge in [-0.3, -0.25) is 0 Å². The van der Waals surface area contributed by atoms with Gasteiger partial charge in [-0.15, -0.1) is 0 Å². The normalized spacial score (nSPS) is 13.2. The summed E-state index contributed by atoms with van der Waals surface area (Å²) in [5.41, 5.74) is 0.970. The van der Waals surface area contributed by atoms with E-state index in [2.05, 4.69) is 48.5 Å². The van der Waals surface area contributed by atoms with E-state index in [0.29, 0.717) is 10.8 Å². The van der Waals surface area contributed by atoms with Gasteiger partial charge in [0.1, 0.15) is 0 Å². The van der Waals surface area contributed by atoms with Crippen molar-refractivity contribution in [2.45, 2.75) is 67.7 Å². The van der Waals surface area contributed by atoms with Gasteiger partial charge < -0.3 is 0 Å². The van der Waals surface area contributed by atoms with E-state index in [0.717, 1.165) is 0 Å². The van der Waals surface area contributed by atoms with Crippen molar-refractivity contribution in [2.75, 3.05) is 0 Å². The molecule has 0 aromatic rings. The van der Waals surface area contributed by atoms with Crippen LogP contribution in [0, 0.1) is 16.7 Å². The van der Waals surface area contributed by atoms with Crippen molar-refractivity contribution in [3.05, 3.63) is 5.92 Å². The maximum atomic E-state index is 2.39. The van der Waals surface area contributed by atoms with Gasteiger partial charge in [0.15, 0.2) is 0 Å². The molecular weight excluding hydrogens is 156 g/mol. The van der Waals surface area contributed by atoms with Gasteiger partial charge in [0.05, 0.1) is 26.2 Å². The maximum Gasteiger partial charge on any atom is 0.0945 e. The molecule has 0 heterocycles. The molecule has 0 bridgehead atoms. The fraction of sp³-hybridized carbons (Fsp3) is 0.923. The molecule has 0 aliphatic heterocycles. The van der Waals surface area contributed by atoms with Crippen molar-refractivity contribution in [3.63, 3.8) is 0 Å².